The Morgan fingerprint density at radius 2 is 0.184 bits per heavy atom. The number of aliphatic hydroxyl groups excluding tert-OH is 1. The zero-order chi connectivity index (χ0) is 62.1. The molecular weight excluding hydrogens is 1160 g/mol. The highest BCUT2D eigenvalue weighted by Gasteiger charge is 2.01. The second-order valence-electron chi connectivity index (χ2n) is 17.5. The van der Waals surface area contributed by atoms with Crippen molar-refractivity contribution in [1.29, 1.82) is 0 Å². The number of ether oxygens (including phenoxy) is 28. The fraction of sp³-hybridized carbons (Fsp3) is 1.00. The summed E-state index contributed by atoms with van der Waals surface area (Å²) in [7, 11) is 0. The quantitative estimate of drug-likeness (QED) is 0.0810. The molecule has 0 aliphatic heterocycles. The van der Waals surface area contributed by atoms with Gasteiger partial charge in [0.2, 0.25) is 0 Å². The second kappa shape index (κ2) is 84.8. The lowest BCUT2D eigenvalue weighted by atomic mass is 10.6. The molecule has 0 saturated carbocycles. The van der Waals surface area contributed by atoms with Crippen LogP contribution in [0.15, 0.2) is 0 Å². The maximum Gasteiger partial charge on any atom is 0.0701 e. The first-order valence-corrected chi connectivity index (χ1v) is 31.2. The van der Waals surface area contributed by atoms with Gasteiger partial charge in [-0.15, -0.1) is 0 Å². The zero-order valence-corrected chi connectivity index (χ0v) is 53.2. The van der Waals surface area contributed by atoms with Gasteiger partial charge in [0.1, 0.15) is 0 Å². The van der Waals surface area contributed by atoms with Crippen LogP contribution >= 0.6 is 0 Å². The molecule has 0 aromatic carbocycles. The topological polar surface area (TPSA) is 279 Å². The maximum atomic E-state index is 8.61. The molecule has 29 nitrogen and oxygen atoms in total. The van der Waals surface area contributed by atoms with E-state index in [1.807, 2.05) is 6.92 Å². The molecule has 0 fully saturated rings. The summed E-state index contributed by atoms with van der Waals surface area (Å²) in [5.74, 6) is 0. The van der Waals surface area contributed by atoms with E-state index in [0.717, 1.165) is 0 Å². The molecule has 0 heterocycles. The molecule has 524 valence electrons. The Labute approximate surface area is 520 Å². The molecule has 0 aromatic heterocycles. The summed E-state index contributed by atoms with van der Waals surface area (Å²) in [5, 5.41) is 8.61. The molecule has 0 aromatic rings. The summed E-state index contributed by atoms with van der Waals surface area (Å²) in [5.41, 5.74) is 0. The van der Waals surface area contributed by atoms with E-state index in [1.54, 1.807) is 0 Å². The van der Waals surface area contributed by atoms with Crippen LogP contribution in [0.1, 0.15) is 6.92 Å². The standard InChI is InChI=1S/C58H118O29/c1-2-60-5-6-62-9-10-64-13-14-66-17-18-68-21-22-70-25-26-72-29-30-74-33-34-76-37-38-78-41-42-80-45-46-82-49-50-84-53-54-86-57-58-87-56-55-85-52-51-83-48-47-81-44-43-79-40-39-77-36-35-75-32-31-73-28-27-71-24-23-69-20-19-67-16-15-65-12-11-63-8-7-61-4-3-59/h59H,2-58H2,1H3. The van der Waals surface area contributed by atoms with Crippen molar-refractivity contribution >= 4 is 0 Å². The van der Waals surface area contributed by atoms with Crippen molar-refractivity contribution in [1.82, 2.24) is 0 Å². The Morgan fingerprint density at radius 3 is 0.253 bits per heavy atom. The average Bonchev–Trinajstić information content (AvgIpc) is 3.53. The van der Waals surface area contributed by atoms with E-state index in [-0.39, 0.29) is 6.61 Å². The van der Waals surface area contributed by atoms with E-state index in [4.69, 9.17) is 138 Å². The molecule has 0 amide bonds. The molecule has 0 bridgehead atoms. The lowest BCUT2D eigenvalue weighted by Crippen LogP contribution is -2.16. The van der Waals surface area contributed by atoms with E-state index < -0.39 is 0 Å². The lowest BCUT2D eigenvalue weighted by molar-refractivity contribution is -0.0323. The molecule has 0 aliphatic rings. The second-order valence-corrected chi connectivity index (χ2v) is 17.5. The zero-order valence-electron chi connectivity index (χ0n) is 53.2. The molecule has 0 spiro atoms. The van der Waals surface area contributed by atoms with Crippen molar-refractivity contribution in [3.8, 4) is 0 Å². The van der Waals surface area contributed by atoms with Crippen molar-refractivity contribution in [2.75, 3.05) is 377 Å². The van der Waals surface area contributed by atoms with E-state index in [9.17, 15) is 0 Å². The van der Waals surface area contributed by atoms with Crippen LogP contribution in [0.2, 0.25) is 0 Å². The van der Waals surface area contributed by atoms with Gasteiger partial charge >= 0.3 is 0 Å². The van der Waals surface area contributed by atoms with E-state index >= 15 is 0 Å². The Balaban J connectivity index is 3.08. The van der Waals surface area contributed by atoms with Crippen LogP contribution in [0.4, 0.5) is 0 Å². The monoisotopic (exact) mass is 1280 g/mol. The predicted octanol–water partition coefficient (Wildman–Crippen LogP) is 0.463. The Morgan fingerprint density at radius 1 is 0.115 bits per heavy atom. The van der Waals surface area contributed by atoms with Crippen molar-refractivity contribution < 1.29 is 138 Å². The minimum Gasteiger partial charge on any atom is -0.394 e. The highest BCUT2D eigenvalue weighted by molar-refractivity contribution is 4.44. The first-order valence-electron chi connectivity index (χ1n) is 31.2. The van der Waals surface area contributed by atoms with Crippen LogP contribution < -0.4 is 0 Å². The van der Waals surface area contributed by atoms with Gasteiger partial charge in [0, 0.05) is 6.61 Å². The largest absolute Gasteiger partial charge is 0.394 e. The molecule has 0 unspecified atom stereocenters. The molecule has 29 heteroatoms. The third-order valence-electron chi connectivity index (χ3n) is 10.5. The molecule has 0 radical (unpaired) electrons. The average molecular weight is 1280 g/mol. The summed E-state index contributed by atoms with van der Waals surface area (Å²) in [6.45, 7) is 29.8. The molecule has 0 atom stereocenters. The number of rotatable bonds is 84. The third kappa shape index (κ3) is 84.8. The van der Waals surface area contributed by atoms with E-state index in [1.165, 1.54) is 0 Å². The van der Waals surface area contributed by atoms with Gasteiger partial charge in [-0.05, 0) is 6.92 Å². The third-order valence-corrected chi connectivity index (χ3v) is 10.5. The Bertz CT molecular complexity index is 1090. The molecule has 87 heavy (non-hydrogen) atoms. The number of hydrogen-bond acceptors (Lipinski definition) is 29. The fourth-order valence-electron chi connectivity index (χ4n) is 6.15. The van der Waals surface area contributed by atoms with Crippen LogP contribution in [-0.2, 0) is 133 Å². The lowest BCUT2D eigenvalue weighted by Gasteiger charge is -2.09. The number of hydrogen-bond donors (Lipinski definition) is 1. The summed E-state index contributed by atoms with van der Waals surface area (Å²) in [4.78, 5) is 0. The molecule has 0 rings (SSSR count). The maximum absolute atomic E-state index is 8.61. The summed E-state index contributed by atoms with van der Waals surface area (Å²) in [6, 6.07) is 0. The van der Waals surface area contributed by atoms with Crippen LogP contribution in [0.5, 0.6) is 0 Å². The SMILES string of the molecule is CCOCCOCCOCCOCCOCCOCCOCCOCCOCCOCCOCCOCCOCCOCCOCCOCCOCCOCCOCCOCCOCCOCCOCCOCCOCCOCCOCCOCCO. The highest BCUT2D eigenvalue weighted by atomic mass is 16.6. The van der Waals surface area contributed by atoms with Crippen molar-refractivity contribution in [2.45, 2.75) is 6.92 Å². The Hall–Kier alpha value is -1.16. The summed E-state index contributed by atoms with van der Waals surface area (Å²) < 4.78 is 153. The van der Waals surface area contributed by atoms with Gasteiger partial charge in [-0.3, -0.25) is 0 Å². The van der Waals surface area contributed by atoms with Gasteiger partial charge in [0.15, 0.2) is 0 Å². The minimum atomic E-state index is 0.0172. The number of aliphatic hydroxyl groups is 1. The minimum absolute atomic E-state index is 0.0172. The van der Waals surface area contributed by atoms with E-state index in [2.05, 4.69) is 0 Å². The molecular formula is C58H118O29. The van der Waals surface area contributed by atoms with Gasteiger partial charge in [-0.25, -0.2) is 0 Å². The van der Waals surface area contributed by atoms with Gasteiger partial charge in [-0.1, -0.05) is 0 Å². The van der Waals surface area contributed by atoms with Gasteiger partial charge in [-0.2, -0.15) is 0 Å². The summed E-state index contributed by atoms with van der Waals surface area (Å²) >= 11 is 0. The first kappa shape index (κ1) is 85.8. The first-order chi connectivity index (χ1) is 43.4. The van der Waals surface area contributed by atoms with Crippen LogP contribution in [0.25, 0.3) is 0 Å². The van der Waals surface area contributed by atoms with Crippen LogP contribution in [0.3, 0.4) is 0 Å². The van der Waals surface area contributed by atoms with Crippen LogP contribution in [0, 0.1) is 0 Å². The smallest absolute Gasteiger partial charge is 0.0701 e. The van der Waals surface area contributed by atoms with Gasteiger partial charge in [0.25, 0.3) is 0 Å². The predicted molar refractivity (Wildman–Crippen MR) is 316 cm³/mol. The van der Waals surface area contributed by atoms with Gasteiger partial charge < -0.3 is 138 Å². The van der Waals surface area contributed by atoms with Crippen LogP contribution in [-0.4, -0.2) is 382 Å². The molecule has 1 N–H and O–H groups in total. The molecule has 0 saturated heterocycles. The fourth-order valence-corrected chi connectivity index (χ4v) is 6.15. The van der Waals surface area contributed by atoms with Crippen molar-refractivity contribution in [2.24, 2.45) is 0 Å². The summed E-state index contributed by atoms with van der Waals surface area (Å²) in [6.07, 6.45) is 0. The Kier molecular flexibility index (Phi) is 83.7. The molecule has 0 aliphatic carbocycles. The normalized spacial score (nSPS) is 11.8. The highest BCUT2D eigenvalue weighted by Crippen LogP contribution is 1.92. The van der Waals surface area contributed by atoms with E-state index in [0.29, 0.717) is 370 Å². The van der Waals surface area contributed by atoms with Crippen molar-refractivity contribution in [3.63, 3.8) is 0 Å². The van der Waals surface area contributed by atoms with Crippen molar-refractivity contribution in [3.05, 3.63) is 0 Å². The van der Waals surface area contributed by atoms with Gasteiger partial charge in [0.05, 0.1) is 370 Å².